The van der Waals surface area contributed by atoms with E-state index in [-0.39, 0.29) is 12.0 Å². The highest BCUT2D eigenvalue weighted by Crippen LogP contribution is 2.11. The molecule has 2 N–H and O–H groups in total. The lowest BCUT2D eigenvalue weighted by molar-refractivity contribution is 0.0365. The summed E-state index contributed by atoms with van der Waals surface area (Å²) in [6, 6.07) is 1.87. The zero-order valence-electron chi connectivity index (χ0n) is 12.9. The van der Waals surface area contributed by atoms with E-state index in [1.807, 2.05) is 16.9 Å². The zero-order chi connectivity index (χ0) is 16.1. The van der Waals surface area contributed by atoms with Crippen LogP contribution in [-0.4, -0.2) is 67.9 Å². The molecule has 0 spiro atoms. The van der Waals surface area contributed by atoms with Gasteiger partial charge in [0.15, 0.2) is 5.69 Å². The van der Waals surface area contributed by atoms with Crippen LogP contribution in [0.4, 0.5) is 0 Å². The van der Waals surface area contributed by atoms with Crippen molar-refractivity contribution in [2.75, 3.05) is 26.2 Å². The van der Waals surface area contributed by atoms with Crippen LogP contribution in [-0.2, 0) is 17.8 Å². The maximum Gasteiger partial charge on any atom is 0.276 e. The predicted octanol–water partition coefficient (Wildman–Crippen LogP) is -0.635. The Hall–Kier alpha value is -2.26. The molecule has 1 aliphatic heterocycles. The van der Waals surface area contributed by atoms with Crippen molar-refractivity contribution in [1.29, 1.82) is 0 Å². The van der Waals surface area contributed by atoms with Crippen LogP contribution in [0.3, 0.4) is 0 Å². The van der Waals surface area contributed by atoms with Gasteiger partial charge in [-0.15, -0.1) is 5.10 Å². The molecule has 1 atom stereocenters. The third-order valence-electron chi connectivity index (χ3n) is 3.70. The molecular weight excluding hydrogens is 298 g/mol. The number of hydrogen-bond acceptors (Lipinski definition) is 6. The molecule has 0 aliphatic carbocycles. The number of ether oxygens (including phenoxy) is 1. The fourth-order valence-corrected chi connectivity index (χ4v) is 2.61. The first-order valence-electron chi connectivity index (χ1n) is 7.75. The molecule has 1 unspecified atom stereocenters. The Kier molecular flexibility index (Phi) is 4.99. The van der Waals surface area contributed by atoms with Crippen LogP contribution in [0.15, 0.2) is 24.7 Å². The lowest BCUT2D eigenvalue weighted by atomic mass is 10.3. The van der Waals surface area contributed by atoms with Gasteiger partial charge in [0.2, 0.25) is 0 Å². The third-order valence-corrected chi connectivity index (χ3v) is 3.70. The third kappa shape index (κ3) is 3.93. The monoisotopic (exact) mass is 319 g/mol. The van der Waals surface area contributed by atoms with Gasteiger partial charge >= 0.3 is 0 Å². The summed E-state index contributed by atoms with van der Waals surface area (Å²) in [5, 5.41) is 12.1. The van der Waals surface area contributed by atoms with Crippen LogP contribution >= 0.6 is 0 Å². The van der Waals surface area contributed by atoms with E-state index in [0.29, 0.717) is 45.0 Å². The summed E-state index contributed by atoms with van der Waals surface area (Å²) in [4.78, 5) is 14.4. The fourth-order valence-electron chi connectivity index (χ4n) is 2.61. The second kappa shape index (κ2) is 7.34. The summed E-state index contributed by atoms with van der Waals surface area (Å²) in [6.45, 7) is 3.43. The Morgan fingerprint density at radius 2 is 2.35 bits per heavy atom. The van der Waals surface area contributed by atoms with Gasteiger partial charge in [-0.25, -0.2) is 0 Å². The minimum absolute atomic E-state index is 0.0829. The van der Waals surface area contributed by atoms with E-state index < -0.39 is 0 Å². The number of nitrogens with two attached hydrogens (primary N) is 1. The molecule has 1 amide bonds. The molecular formula is C14H21N7O2. The van der Waals surface area contributed by atoms with Crippen molar-refractivity contribution in [3.8, 4) is 0 Å². The van der Waals surface area contributed by atoms with Crippen molar-refractivity contribution in [2.24, 2.45) is 5.73 Å². The summed E-state index contributed by atoms with van der Waals surface area (Å²) >= 11 is 0. The molecule has 0 radical (unpaired) electrons. The minimum atomic E-state index is -0.121. The number of amides is 1. The Morgan fingerprint density at radius 3 is 3.13 bits per heavy atom. The first-order valence-corrected chi connectivity index (χ1v) is 7.75. The standard InChI is InChI=1S/C14H21N7O2/c15-3-7-21-11-13(17-18-21)14(22)19-5-2-8-23-12(9-19)10-20-6-1-4-16-20/h1,4,6,11-12H,2-3,5,7-10,15H2. The van der Waals surface area contributed by atoms with E-state index in [1.54, 1.807) is 22.0 Å². The molecule has 1 fully saturated rings. The van der Waals surface area contributed by atoms with Crippen LogP contribution in [0.5, 0.6) is 0 Å². The Bertz CT molecular complexity index is 625. The average Bonchev–Trinajstić information content (AvgIpc) is 3.16. The maximum absolute atomic E-state index is 12.6. The topological polar surface area (TPSA) is 104 Å². The Balaban J connectivity index is 1.65. The number of carbonyl (C=O) groups excluding carboxylic acids is 1. The van der Waals surface area contributed by atoms with Crippen molar-refractivity contribution in [3.05, 3.63) is 30.4 Å². The van der Waals surface area contributed by atoms with E-state index >= 15 is 0 Å². The molecule has 2 aromatic heterocycles. The quantitative estimate of drug-likeness (QED) is 0.786. The van der Waals surface area contributed by atoms with Crippen molar-refractivity contribution in [2.45, 2.75) is 25.6 Å². The van der Waals surface area contributed by atoms with Crippen molar-refractivity contribution in [1.82, 2.24) is 29.7 Å². The molecule has 0 bridgehead atoms. The number of hydrogen-bond donors (Lipinski definition) is 1. The molecule has 0 saturated carbocycles. The molecule has 124 valence electrons. The highest BCUT2D eigenvalue weighted by molar-refractivity contribution is 5.91. The van der Waals surface area contributed by atoms with Gasteiger partial charge in [-0.1, -0.05) is 5.21 Å². The SMILES string of the molecule is NCCn1cc(C(=O)N2CCCOC(Cn3cccn3)C2)nn1. The molecule has 23 heavy (non-hydrogen) atoms. The van der Waals surface area contributed by atoms with Crippen LogP contribution in [0, 0.1) is 0 Å². The van der Waals surface area contributed by atoms with Gasteiger partial charge in [0.25, 0.3) is 5.91 Å². The van der Waals surface area contributed by atoms with Gasteiger partial charge < -0.3 is 15.4 Å². The Morgan fingerprint density at radius 1 is 1.43 bits per heavy atom. The van der Waals surface area contributed by atoms with Gasteiger partial charge in [-0.3, -0.25) is 14.2 Å². The largest absolute Gasteiger partial charge is 0.374 e. The molecule has 3 heterocycles. The normalized spacial score (nSPS) is 18.8. The lowest BCUT2D eigenvalue weighted by Gasteiger charge is -2.23. The first-order chi connectivity index (χ1) is 11.3. The molecule has 1 aliphatic rings. The van der Waals surface area contributed by atoms with Gasteiger partial charge in [0.1, 0.15) is 0 Å². The number of aromatic nitrogens is 5. The van der Waals surface area contributed by atoms with Crippen LogP contribution in [0.25, 0.3) is 0 Å². The van der Waals surface area contributed by atoms with Gasteiger partial charge in [-0.05, 0) is 12.5 Å². The van der Waals surface area contributed by atoms with Gasteiger partial charge in [0.05, 0.1) is 25.4 Å². The highest BCUT2D eigenvalue weighted by atomic mass is 16.5. The zero-order valence-corrected chi connectivity index (χ0v) is 12.9. The number of nitrogens with zero attached hydrogens (tertiary/aromatic N) is 6. The summed E-state index contributed by atoms with van der Waals surface area (Å²) in [6.07, 6.45) is 5.98. The summed E-state index contributed by atoms with van der Waals surface area (Å²) < 4.78 is 9.23. The van der Waals surface area contributed by atoms with Gasteiger partial charge in [-0.2, -0.15) is 5.10 Å². The molecule has 1 saturated heterocycles. The van der Waals surface area contributed by atoms with Gasteiger partial charge in [0, 0.05) is 38.6 Å². The lowest BCUT2D eigenvalue weighted by Crippen LogP contribution is -2.38. The fraction of sp³-hybridized carbons (Fsp3) is 0.571. The maximum atomic E-state index is 12.6. The van der Waals surface area contributed by atoms with E-state index in [1.165, 1.54) is 0 Å². The molecule has 0 aromatic carbocycles. The smallest absolute Gasteiger partial charge is 0.276 e. The van der Waals surface area contributed by atoms with Crippen LogP contribution in [0.2, 0.25) is 0 Å². The summed E-state index contributed by atoms with van der Waals surface area (Å²) in [7, 11) is 0. The highest BCUT2D eigenvalue weighted by Gasteiger charge is 2.25. The van der Waals surface area contributed by atoms with Crippen LogP contribution < -0.4 is 5.73 Å². The number of carbonyl (C=O) groups is 1. The minimum Gasteiger partial charge on any atom is -0.374 e. The van der Waals surface area contributed by atoms with E-state index in [4.69, 9.17) is 10.5 Å². The molecule has 3 rings (SSSR count). The van der Waals surface area contributed by atoms with Crippen molar-refractivity contribution >= 4 is 5.91 Å². The van der Waals surface area contributed by atoms with E-state index in [0.717, 1.165) is 6.42 Å². The van der Waals surface area contributed by atoms with E-state index in [2.05, 4.69) is 15.4 Å². The average molecular weight is 319 g/mol. The summed E-state index contributed by atoms with van der Waals surface area (Å²) in [5.41, 5.74) is 5.83. The van der Waals surface area contributed by atoms with Crippen molar-refractivity contribution < 1.29 is 9.53 Å². The second-order valence-corrected chi connectivity index (χ2v) is 5.48. The number of rotatable bonds is 5. The molecule has 2 aromatic rings. The Labute approximate surface area is 134 Å². The van der Waals surface area contributed by atoms with Crippen molar-refractivity contribution in [3.63, 3.8) is 0 Å². The second-order valence-electron chi connectivity index (χ2n) is 5.48. The van der Waals surface area contributed by atoms with E-state index in [9.17, 15) is 4.79 Å². The summed E-state index contributed by atoms with van der Waals surface area (Å²) in [5.74, 6) is -0.121. The molecule has 9 heteroatoms. The van der Waals surface area contributed by atoms with Crippen LogP contribution in [0.1, 0.15) is 16.9 Å². The first kappa shape index (κ1) is 15.6. The molecule has 9 nitrogen and oxygen atoms in total. The predicted molar refractivity (Wildman–Crippen MR) is 81.6 cm³/mol.